The quantitative estimate of drug-likeness (QED) is 0.885. The van der Waals surface area contributed by atoms with E-state index in [9.17, 15) is 0 Å². The monoisotopic (exact) mass is 262 g/mol. The van der Waals surface area contributed by atoms with Crippen molar-refractivity contribution in [2.75, 3.05) is 18.5 Å². The molecule has 0 spiro atoms. The van der Waals surface area contributed by atoms with Gasteiger partial charge in [0.05, 0.1) is 0 Å². The second-order valence-corrected chi connectivity index (χ2v) is 6.85. The number of aryl methyl sites for hydroxylation is 1. The molecular weight excluding hydrogens is 236 g/mol. The van der Waals surface area contributed by atoms with Crippen molar-refractivity contribution in [2.24, 2.45) is 5.41 Å². The maximum Gasteiger partial charge on any atom is 0.225 e. The van der Waals surface area contributed by atoms with E-state index in [-0.39, 0.29) is 5.41 Å². The second-order valence-electron chi connectivity index (χ2n) is 6.85. The molecular formula is C15H26N4. The minimum Gasteiger partial charge on any atom is -0.343 e. The second kappa shape index (κ2) is 5.45. The van der Waals surface area contributed by atoms with Gasteiger partial charge in [-0.2, -0.15) is 0 Å². The summed E-state index contributed by atoms with van der Waals surface area (Å²) in [7, 11) is 2.06. The summed E-state index contributed by atoms with van der Waals surface area (Å²) in [5.41, 5.74) is 2.54. The Bertz CT molecular complexity index is 432. The highest BCUT2D eigenvalue weighted by molar-refractivity contribution is 5.32. The number of aromatic nitrogens is 2. The third kappa shape index (κ3) is 4.46. The van der Waals surface area contributed by atoms with E-state index in [4.69, 9.17) is 0 Å². The zero-order valence-corrected chi connectivity index (χ0v) is 12.8. The summed E-state index contributed by atoms with van der Waals surface area (Å²) in [6.07, 6.45) is 4.59. The molecule has 0 unspecified atom stereocenters. The van der Waals surface area contributed by atoms with Crippen molar-refractivity contribution in [1.82, 2.24) is 15.3 Å². The van der Waals surface area contributed by atoms with Gasteiger partial charge in [-0.05, 0) is 25.2 Å². The Hall–Kier alpha value is -1.16. The van der Waals surface area contributed by atoms with E-state index in [1.165, 1.54) is 18.4 Å². The van der Waals surface area contributed by atoms with Crippen LogP contribution in [0.3, 0.4) is 0 Å². The van der Waals surface area contributed by atoms with Gasteiger partial charge in [-0.25, -0.2) is 9.97 Å². The van der Waals surface area contributed by atoms with Crippen LogP contribution in [0.1, 0.15) is 44.9 Å². The van der Waals surface area contributed by atoms with E-state index >= 15 is 0 Å². The molecule has 4 nitrogen and oxygen atoms in total. The minimum absolute atomic E-state index is 0.248. The van der Waals surface area contributed by atoms with Gasteiger partial charge in [0.25, 0.3) is 0 Å². The lowest BCUT2D eigenvalue weighted by Gasteiger charge is -2.26. The van der Waals surface area contributed by atoms with Crippen molar-refractivity contribution in [3.63, 3.8) is 0 Å². The van der Waals surface area contributed by atoms with E-state index in [0.717, 1.165) is 30.8 Å². The van der Waals surface area contributed by atoms with E-state index in [1.807, 2.05) is 6.20 Å². The fourth-order valence-electron chi connectivity index (χ4n) is 2.16. The molecule has 0 radical (unpaired) electrons. The highest BCUT2D eigenvalue weighted by atomic mass is 15.2. The number of nitrogens with zero attached hydrogens (tertiary/aromatic N) is 3. The molecule has 0 aliphatic heterocycles. The van der Waals surface area contributed by atoms with Crippen LogP contribution in [0.4, 0.5) is 5.95 Å². The Labute approximate surface area is 116 Å². The molecule has 1 fully saturated rings. The summed E-state index contributed by atoms with van der Waals surface area (Å²) < 4.78 is 0. The SMILES string of the molecule is Cc1nc(N(C)CC(C)(C)C)ncc1CNC1CC1. The Balaban J connectivity index is 2.00. The van der Waals surface area contributed by atoms with Gasteiger partial charge in [-0.1, -0.05) is 20.8 Å². The average Bonchev–Trinajstić information content (AvgIpc) is 3.08. The summed E-state index contributed by atoms with van der Waals surface area (Å²) >= 11 is 0. The standard InChI is InChI=1S/C15H26N4/c1-11-12(8-16-13-6-7-13)9-17-14(18-11)19(5)10-15(2,3)4/h9,13,16H,6-8,10H2,1-5H3. The maximum absolute atomic E-state index is 4.63. The Morgan fingerprint density at radius 1 is 1.37 bits per heavy atom. The Kier molecular flexibility index (Phi) is 4.09. The van der Waals surface area contributed by atoms with Crippen LogP contribution < -0.4 is 10.2 Å². The predicted octanol–water partition coefficient (Wildman–Crippen LogP) is 2.52. The fourth-order valence-corrected chi connectivity index (χ4v) is 2.16. The molecule has 2 rings (SSSR count). The predicted molar refractivity (Wildman–Crippen MR) is 79.4 cm³/mol. The first-order valence-electron chi connectivity index (χ1n) is 7.12. The van der Waals surface area contributed by atoms with Gasteiger partial charge < -0.3 is 10.2 Å². The van der Waals surface area contributed by atoms with Gasteiger partial charge in [0.15, 0.2) is 0 Å². The lowest BCUT2D eigenvalue weighted by Crippen LogP contribution is -2.30. The van der Waals surface area contributed by atoms with E-state index in [1.54, 1.807) is 0 Å². The van der Waals surface area contributed by atoms with E-state index < -0.39 is 0 Å². The van der Waals surface area contributed by atoms with Crippen LogP contribution in [-0.2, 0) is 6.54 Å². The third-order valence-electron chi connectivity index (χ3n) is 3.28. The van der Waals surface area contributed by atoms with Crippen molar-refractivity contribution < 1.29 is 0 Å². The van der Waals surface area contributed by atoms with Crippen LogP contribution in [0.5, 0.6) is 0 Å². The average molecular weight is 262 g/mol. The summed E-state index contributed by atoms with van der Waals surface area (Å²) in [5.74, 6) is 0.822. The first-order chi connectivity index (χ1) is 8.85. The van der Waals surface area contributed by atoms with Crippen LogP contribution >= 0.6 is 0 Å². The van der Waals surface area contributed by atoms with Gasteiger partial charge in [0.2, 0.25) is 5.95 Å². The van der Waals surface area contributed by atoms with Crippen molar-refractivity contribution in [3.8, 4) is 0 Å². The molecule has 0 aromatic carbocycles. The zero-order chi connectivity index (χ0) is 14.0. The molecule has 0 saturated heterocycles. The molecule has 1 aromatic heterocycles. The number of nitrogens with one attached hydrogen (secondary N) is 1. The molecule has 1 N–H and O–H groups in total. The van der Waals surface area contributed by atoms with Gasteiger partial charge in [0, 0.05) is 43.6 Å². The molecule has 1 heterocycles. The maximum atomic E-state index is 4.63. The topological polar surface area (TPSA) is 41.1 Å². The molecule has 0 amide bonds. The molecule has 1 saturated carbocycles. The van der Waals surface area contributed by atoms with Crippen molar-refractivity contribution in [2.45, 2.75) is 53.1 Å². The van der Waals surface area contributed by atoms with Gasteiger partial charge in [-0.15, -0.1) is 0 Å². The lowest BCUT2D eigenvalue weighted by molar-refractivity contribution is 0.416. The smallest absolute Gasteiger partial charge is 0.225 e. The van der Waals surface area contributed by atoms with Crippen LogP contribution in [0.2, 0.25) is 0 Å². The van der Waals surface area contributed by atoms with Gasteiger partial charge in [-0.3, -0.25) is 0 Å². The van der Waals surface area contributed by atoms with Crippen LogP contribution in [0.25, 0.3) is 0 Å². The lowest BCUT2D eigenvalue weighted by atomic mass is 9.96. The van der Waals surface area contributed by atoms with E-state index in [0.29, 0.717) is 0 Å². The molecule has 4 heteroatoms. The summed E-state index contributed by atoms with van der Waals surface area (Å²) in [5, 5.41) is 3.51. The van der Waals surface area contributed by atoms with E-state index in [2.05, 4.69) is 54.9 Å². The summed E-state index contributed by atoms with van der Waals surface area (Å²) in [6.45, 7) is 10.6. The molecule has 0 atom stereocenters. The Morgan fingerprint density at radius 3 is 2.58 bits per heavy atom. The zero-order valence-electron chi connectivity index (χ0n) is 12.8. The molecule has 1 aromatic rings. The molecule has 1 aliphatic carbocycles. The normalized spacial score (nSPS) is 15.6. The van der Waals surface area contributed by atoms with Crippen LogP contribution in [0.15, 0.2) is 6.20 Å². The molecule has 0 bridgehead atoms. The number of hydrogen-bond donors (Lipinski definition) is 1. The minimum atomic E-state index is 0.248. The molecule has 1 aliphatic rings. The fraction of sp³-hybridized carbons (Fsp3) is 0.733. The largest absolute Gasteiger partial charge is 0.343 e. The first kappa shape index (κ1) is 14.3. The third-order valence-corrected chi connectivity index (χ3v) is 3.28. The van der Waals surface area contributed by atoms with Crippen molar-refractivity contribution in [1.29, 1.82) is 0 Å². The Morgan fingerprint density at radius 2 is 2.05 bits per heavy atom. The summed E-state index contributed by atoms with van der Waals surface area (Å²) in [4.78, 5) is 11.3. The first-order valence-corrected chi connectivity index (χ1v) is 7.12. The number of rotatable bonds is 5. The van der Waals surface area contributed by atoms with Crippen molar-refractivity contribution in [3.05, 3.63) is 17.5 Å². The highest BCUT2D eigenvalue weighted by Crippen LogP contribution is 2.21. The van der Waals surface area contributed by atoms with Gasteiger partial charge >= 0.3 is 0 Å². The highest BCUT2D eigenvalue weighted by Gasteiger charge is 2.21. The van der Waals surface area contributed by atoms with Crippen molar-refractivity contribution >= 4 is 5.95 Å². The van der Waals surface area contributed by atoms with Crippen LogP contribution in [-0.4, -0.2) is 29.6 Å². The summed E-state index contributed by atoms with van der Waals surface area (Å²) in [6, 6.07) is 0.725. The van der Waals surface area contributed by atoms with Gasteiger partial charge in [0.1, 0.15) is 0 Å². The number of anilines is 1. The molecule has 19 heavy (non-hydrogen) atoms. The van der Waals surface area contributed by atoms with Crippen LogP contribution in [0, 0.1) is 12.3 Å². The number of hydrogen-bond acceptors (Lipinski definition) is 4. The molecule has 106 valence electrons.